The quantitative estimate of drug-likeness (QED) is 0.267. The summed E-state index contributed by atoms with van der Waals surface area (Å²) >= 11 is 0. The molecule has 3 N–H and O–H groups in total. The number of aryl methyl sites for hydroxylation is 1. The van der Waals surface area contributed by atoms with Crippen LogP contribution in [0.2, 0.25) is 0 Å². The number of rotatable bonds is 3. The van der Waals surface area contributed by atoms with Gasteiger partial charge < -0.3 is 20.3 Å². The van der Waals surface area contributed by atoms with Gasteiger partial charge in [0.1, 0.15) is 5.75 Å². The number of benzene rings is 2. The van der Waals surface area contributed by atoms with Crippen molar-refractivity contribution >= 4 is 28.7 Å². The number of nitrogens with zero attached hydrogens (tertiary/aromatic N) is 1. The van der Waals surface area contributed by atoms with E-state index < -0.39 is 39.1 Å². The van der Waals surface area contributed by atoms with Crippen molar-refractivity contribution in [3.8, 4) is 5.75 Å². The average molecular weight is 478 g/mol. The number of ketones is 2. The van der Waals surface area contributed by atoms with Gasteiger partial charge in [0.15, 0.2) is 11.5 Å². The number of aliphatic hydroxyl groups is 1. The van der Waals surface area contributed by atoms with Crippen LogP contribution in [0.3, 0.4) is 0 Å². The molecule has 0 atom stereocenters. The predicted octanol–water partition coefficient (Wildman–Crippen LogP) is 3.38. The monoisotopic (exact) mass is 478 g/mol. The molecule has 1 radical (unpaired) electrons. The number of para-hydroxylation sites is 1. The molecule has 30 heavy (non-hydrogen) atoms. The zero-order valence-corrected chi connectivity index (χ0v) is 18.4. The zero-order valence-electron chi connectivity index (χ0n) is 15.6. The molecular formula is C21H13N2O6Y-. The first-order chi connectivity index (χ1) is 13.8. The maximum absolute atomic E-state index is 13.3. The summed E-state index contributed by atoms with van der Waals surface area (Å²) in [6.07, 6.45) is 2.97. The van der Waals surface area contributed by atoms with E-state index in [0.717, 1.165) is 6.08 Å². The first kappa shape index (κ1) is 21.6. The number of aliphatic hydroxyl groups excluding tert-OH is 1. The van der Waals surface area contributed by atoms with Gasteiger partial charge >= 0.3 is 0 Å². The molecule has 0 saturated heterocycles. The molecule has 0 aromatic heterocycles. The second-order valence-electron chi connectivity index (χ2n) is 6.52. The number of phenols is 1. The fourth-order valence-electron chi connectivity index (χ4n) is 3.42. The molecule has 2 aliphatic rings. The summed E-state index contributed by atoms with van der Waals surface area (Å²) in [5.41, 5.74) is -0.912. The summed E-state index contributed by atoms with van der Waals surface area (Å²) in [6, 6.07) is 10.3. The fraction of sp³-hybridized carbons (Fsp3) is 0.0476. The molecule has 0 fully saturated rings. The Bertz CT molecular complexity index is 1210. The Morgan fingerprint density at radius 1 is 1.07 bits per heavy atom. The van der Waals surface area contributed by atoms with E-state index >= 15 is 0 Å². The third kappa shape index (κ3) is 3.28. The number of Topliss-reactive ketones (excluding diaryl/α,β-unsaturated/α-hetero) is 2. The molecule has 0 unspecified atom stereocenters. The second kappa shape index (κ2) is 7.97. The van der Waals surface area contributed by atoms with E-state index in [0.29, 0.717) is 11.3 Å². The van der Waals surface area contributed by atoms with Crippen molar-refractivity contribution in [1.29, 1.82) is 0 Å². The minimum atomic E-state index is -0.874. The van der Waals surface area contributed by atoms with Gasteiger partial charge in [-0.3, -0.25) is 14.9 Å². The van der Waals surface area contributed by atoms with Crippen molar-refractivity contribution in [3.05, 3.63) is 92.2 Å². The van der Waals surface area contributed by atoms with Crippen LogP contribution < -0.4 is 5.32 Å². The van der Waals surface area contributed by atoms with Gasteiger partial charge in [-0.1, -0.05) is 24.3 Å². The maximum Gasteiger partial charge on any atom is 0.179 e. The largest absolute Gasteiger partial charge is 0.519 e. The van der Waals surface area contributed by atoms with E-state index in [2.05, 4.69) is 11.4 Å². The number of nitrogens with one attached hydrogen (secondary N) is 1. The van der Waals surface area contributed by atoms with Gasteiger partial charge in [-0.15, -0.1) is 6.08 Å². The normalized spacial score (nSPS) is 14.8. The number of hydrogen-bond acceptors (Lipinski definition) is 7. The Balaban J connectivity index is 0.00000256. The van der Waals surface area contributed by atoms with Crippen LogP contribution in [0.5, 0.6) is 5.75 Å². The van der Waals surface area contributed by atoms with Gasteiger partial charge in [-0.05, 0) is 36.3 Å². The molecule has 0 saturated carbocycles. The Labute approximate surface area is 195 Å². The summed E-state index contributed by atoms with van der Waals surface area (Å²) in [5.74, 6) is -2.81. The maximum atomic E-state index is 13.3. The zero-order chi connectivity index (χ0) is 20.9. The van der Waals surface area contributed by atoms with Crippen LogP contribution >= 0.6 is 0 Å². The molecule has 0 amide bonds. The van der Waals surface area contributed by atoms with Gasteiger partial charge in [0, 0.05) is 48.9 Å². The van der Waals surface area contributed by atoms with Crippen molar-refractivity contribution < 1.29 is 57.4 Å². The summed E-state index contributed by atoms with van der Waals surface area (Å²) < 4.78 is 0. The van der Waals surface area contributed by atoms with Crippen LogP contribution in [0.4, 0.5) is 11.4 Å². The molecule has 4 rings (SSSR count). The molecule has 147 valence electrons. The predicted molar refractivity (Wildman–Crippen MR) is 103 cm³/mol. The molecule has 0 bridgehead atoms. The van der Waals surface area contributed by atoms with Gasteiger partial charge in [-0.2, -0.15) is 0 Å². The molecular weight excluding hydrogens is 465 g/mol. The number of nitro groups is 1. The Morgan fingerprint density at radius 3 is 2.37 bits per heavy atom. The number of allylic oxidation sites excluding steroid dienone is 4. The topological polar surface area (TPSA) is 130 Å². The van der Waals surface area contributed by atoms with Crippen LogP contribution in [-0.2, 0) is 37.5 Å². The van der Waals surface area contributed by atoms with Crippen LogP contribution in [0, 0.1) is 23.1 Å². The van der Waals surface area contributed by atoms with E-state index in [1.807, 2.05) is 0 Å². The van der Waals surface area contributed by atoms with Gasteiger partial charge in [0.05, 0.1) is 28.4 Å². The molecule has 2 aromatic carbocycles. The first-order valence-corrected chi connectivity index (χ1v) is 8.51. The van der Waals surface area contributed by atoms with E-state index in [4.69, 9.17) is 0 Å². The van der Waals surface area contributed by atoms with E-state index in [1.54, 1.807) is 37.3 Å². The van der Waals surface area contributed by atoms with E-state index in [1.165, 1.54) is 6.07 Å². The molecule has 9 heteroatoms. The van der Waals surface area contributed by atoms with Crippen LogP contribution in [0.25, 0.3) is 5.76 Å². The fourth-order valence-corrected chi connectivity index (χ4v) is 3.42. The summed E-state index contributed by atoms with van der Waals surface area (Å²) in [7, 11) is 0. The SMILES string of the molecule is Cc1cc(Nc2ccccc2)c2c(c1O)C(O)=C1C(=O)[C-]=CC([N+](=O)[O-])=C1C2=O.[Y]. The Morgan fingerprint density at radius 2 is 1.73 bits per heavy atom. The number of anilines is 2. The number of carbonyl (C=O) groups is 2. The first-order valence-electron chi connectivity index (χ1n) is 8.51. The van der Waals surface area contributed by atoms with Gasteiger partial charge in [0.25, 0.3) is 0 Å². The number of aromatic hydroxyl groups is 1. The van der Waals surface area contributed by atoms with E-state index in [9.17, 15) is 29.9 Å². The van der Waals surface area contributed by atoms with Crippen molar-refractivity contribution in [1.82, 2.24) is 0 Å². The third-order valence-electron chi connectivity index (χ3n) is 4.74. The minimum absolute atomic E-state index is 0. The standard InChI is InChI=1S/C21H13N2O6.Y/c1-10-9-12(22-11-5-3-2-4-6-11)15-18(19(10)25)21(27)17-14(24)8-7-13(23(28)29)16(17)20(15)26;/h2-7,9,22,25,27H,1H3;/q-1;. The van der Waals surface area contributed by atoms with Crippen molar-refractivity contribution in [3.63, 3.8) is 0 Å². The number of phenolic OH excluding ortho intramolecular Hbond substituents is 1. The van der Waals surface area contributed by atoms with Gasteiger partial charge in [-0.25, -0.2) is 0 Å². The van der Waals surface area contributed by atoms with E-state index in [-0.39, 0.29) is 55.3 Å². The number of carbonyl (C=O) groups excluding carboxylic acids is 2. The van der Waals surface area contributed by atoms with Crippen molar-refractivity contribution in [2.75, 3.05) is 5.32 Å². The molecule has 0 aliphatic heterocycles. The Kier molecular flexibility index (Phi) is 5.74. The summed E-state index contributed by atoms with van der Waals surface area (Å²) in [4.78, 5) is 36.1. The number of fused-ring (bicyclic) bond motifs is 2. The summed E-state index contributed by atoms with van der Waals surface area (Å²) in [5, 5.41) is 35.7. The molecule has 2 aromatic rings. The average Bonchev–Trinajstić information content (AvgIpc) is 2.69. The molecule has 2 aliphatic carbocycles. The summed E-state index contributed by atoms with van der Waals surface area (Å²) in [6.45, 7) is 1.57. The van der Waals surface area contributed by atoms with Crippen LogP contribution in [0.1, 0.15) is 21.5 Å². The number of hydrogen-bond donors (Lipinski definition) is 3. The second-order valence-corrected chi connectivity index (χ2v) is 6.52. The molecule has 0 spiro atoms. The van der Waals surface area contributed by atoms with Crippen LogP contribution in [-0.4, -0.2) is 26.7 Å². The minimum Gasteiger partial charge on any atom is -0.519 e. The smallest absolute Gasteiger partial charge is 0.179 e. The van der Waals surface area contributed by atoms with Crippen molar-refractivity contribution in [2.45, 2.75) is 6.92 Å². The van der Waals surface area contributed by atoms with Crippen molar-refractivity contribution in [2.24, 2.45) is 0 Å². The molecule has 0 heterocycles. The Hall–Kier alpha value is -3.10. The molecule has 8 nitrogen and oxygen atoms in total. The van der Waals surface area contributed by atoms with Gasteiger partial charge in [0.2, 0.25) is 0 Å². The third-order valence-corrected chi connectivity index (χ3v) is 4.74. The van der Waals surface area contributed by atoms with Crippen LogP contribution in [0.15, 0.2) is 59.3 Å².